The van der Waals surface area contributed by atoms with E-state index in [1.165, 1.54) is 12.1 Å². The first kappa shape index (κ1) is 22.9. The minimum atomic E-state index is -0.454. The van der Waals surface area contributed by atoms with E-state index in [2.05, 4.69) is 5.16 Å². The molecular weight excluding hydrogens is 487 g/mol. The Balaban J connectivity index is 1.37. The Morgan fingerprint density at radius 1 is 0.895 bits per heavy atom. The monoisotopic (exact) mass is 512 g/mol. The van der Waals surface area contributed by atoms with Crippen molar-refractivity contribution in [2.45, 2.75) is 38.8 Å². The van der Waals surface area contributed by atoms with Crippen molar-refractivity contribution < 1.29 is 23.3 Å². The van der Waals surface area contributed by atoms with Gasteiger partial charge in [-0.15, -0.1) is 0 Å². The van der Waals surface area contributed by atoms with E-state index < -0.39 is 5.82 Å². The maximum Gasteiger partial charge on any atom is 0.320 e. The van der Waals surface area contributed by atoms with Gasteiger partial charge in [-0.25, -0.2) is 9.18 Å². The molecule has 0 atom stereocenters. The molecule has 9 heteroatoms. The van der Waals surface area contributed by atoms with Crippen molar-refractivity contribution in [1.29, 1.82) is 0 Å². The van der Waals surface area contributed by atoms with Crippen LogP contribution < -0.4 is 0 Å². The van der Waals surface area contributed by atoms with Crippen molar-refractivity contribution in [3.63, 3.8) is 0 Å². The van der Waals surface area contributed by atoms with Crippen molar-refractivity contribution in [3.05, 3.63) is 65.2 Å². The van der Waals surface area contributed by atoms with Gasteiger partial charge in [0.15, 0.2) is 17.1 Å². The molecule has 1 fully saturated rings. The number of halogens is 1. The van der Waals surface area contributed by atoms with Gasteiger partial charge in [0.1, 0.15) is 11.5 Å². The Morgan fingerprint density at radius 2 is 1.68 bits per heavy atom. The van der Waals surface area contributed by atoms with Crippen LogP contribution >= 0.6 is 0 Å². The maximum atomic E-state index is 15.0. The van der Waals surface area contributed by atoms with Crippen LogP contribution in [0.4, 0.5) is 9.18 Å². The quantitative estimate of drug-likeness (QED) is 0.360. The topological polar surface area (TPSA) is 88.7 Å². The average molecular weight is 513 g/mol. The Kier molecular flexibility index (Phi) is 5.21. The van der Waals surface area contributed by atoms with E-state index in [1.807, 2.05) is 27.8 Å². The van der Waals surface area contributed by atoms with E-state index >= 15 is 4.39 Å². The molecule has 8 nitrogen and oxygen atoms in total. The molecule has 0 bridgehead atoms. The van der Waals surface area contributed by atoms with Crippen LogP contribution in [0.1, 0.15) is 42.5 Å². The molecule has 38 heavy (non-hydrogen) atoms. The summed E-state index contributed by atoms with van der Waals surface area (Å²) in [5, 5.41) is 5.34. The number of benzene rings is 2. The van der Waals surface area contributed by atoms with Gasteiger partial charge in [-0.1, -0.05) is 17.3 Å². The maximum absolute atomic E-state index is 15.0. The number of rotatable bonds is 2. The number of allylic oxidation sites excluding steroid dienone is 2. The normalized spacial score (nSPS) is 18.2. The number of likely N-dealkylation sites (tertiary alicyclic amines) is 1. The summed E-state index contributed by atoms with van der Waals surface area (Å²) in [4.78, 5) is 43.3. The van der Waals surface area contributed by atoms with Gasteiger partial charge < -0.3 is 18.9 Å². The fourth-order valence-corrected chi connectivity index (χ4v) is 6.15. The lowest BCUT2D eigenvalue weighted by Crippen LogP contribution is -2.45. The van der Waals surface area contributed by atoms with Crippen molar-refractivity contribution in [2.24, 2.45) is 0 Å². The first-order valence-corrected chi connectivity index (χ1v) is 13.0. The number of hydrogen-bond acceptors (Lipinski definition) is 5. The average Bonchev–Trinajstić information content (AvgIpc) is 3.54. The lowest BCUT2D eigenvalue weighted by atomic mass is 9.96. The summed E-state index contributed by atoms with van der Waals surface area (Å²) in [5.74, 6) is -1.10. The zero-order chi connectivity index (χ0) is 26.0. The highest BCUT2D eigenvalue weighted by molar-refractivity contribution is 6.52. The van der Waals surface area contributed by atoms with E-state index in [9.17, 15) is 14.4 Å². The molecule has 1 aliphatic carbocycles. The number of fused-ring (bicyclic) bond motifs is 1. The Bertz CT molecular complexity index is 1690. The van der Waals surface area contributed by atoms with Crippen molar-refractivity contribution in [3.8, 4) is 0 Å². The second-order valence-electron chi connectivity index (χ2n) is 10.2. The number of hydrogen-bond donors (Lipinski definition) is 0. The summed E-state index contributed by atoms with van der Waals surface area (Å²) in [6.07, 6.45) is 4.68. The number of Topliss-reactive ketones (excluding diaryl/α,β-unsaturated/α-hetero) is 2. The van der Waals surface area contributed by atoms with E-state index in [-0.39, 0.29) is 41.7 Å². The van der Waals surface area contributed by atoms with E-state index in [1.54, 1.807) is 17.0 Å². The minimum Gasteiger partial charge on any atom is -0.356 e. The zero-order valence-electron chi connectivity index (χ0n) is 20.7. The van der Waals surface area contributed by atoms with Crippen LogP contribution in [0, 0.1) is 5.82 Å². The second-order valence-corrected chi connectivity index (χ2v) is 10.2. The lowest BCUT2D eigenvalue weighted by molar-refractivity contribution is -0.119. The molecule has 0 saturated carbocycles. The highest BCUT2D eigenvalue weighted by Crippen LogP contribution is 2.42. The third kappa shape index (κ3) is 3.48. The number of ketones is 2. The molecule has 192 valence electrons. The predicted molar refractivity (Wildman–Crippen MR) is 139 cm³/mol. The van der Waals surface area contributed by atoms with E-state index in [0.29, 0.717) is 46.3 Å². The van der Waals surface area contributed by atoms with E-state index in [0.717, 1.165) is 37.9 Å². The molecule has 7 rings (SSSR count). The predicted octanol–water partition coefficient (Wildman–Crippen LogP) is 4.80. The highest BCUT2D eigenvalue weighted by atomic mass is 19.1. The summed E-state index contributed by atoms with van der Waals surface area (Å²) in [7, 11) is 0. The van der Waals surface area contributed by atoms with Gasteiger partial charge in [0, 0.05) is 60.8 Å². The van der Waals surface area contributed by atoms with Gasteiger partial charge in [0.2, 0.25) is 0 Å². The van der Waals surface area contributed by atoms with Crippen LogP contribution in [-0.4, -0.2) is 56.8 Å². The number of carbonyl (C=O) groups is 3. The summed E-state index contributed by atoms with van der Waals surface area (Å²) in [6.45, 7) is 2.72. The third-order valence-electron chi connectivity index (χ3n) is 7.90. The van der Waals surface area contributed by atoms with Gasteiger partial charge in [-0.3, -0.25) is 9.59 Å². The molecule has 4 heterocycles. The third-order valence-corrected chi connectivity index (χ3v) is 7.90. The Hall–Kier alpha value is -4.27. The number of urea groups is 1. The molecule has 4 aromatic rings. The summed E-state index contributed by atoms with van der Waals surface area (Å²) < 4.78 is 22.4. The summed E-state index contributed by atoms with van der Waals surface area (Å²) >= 11 is 0. The van der Waals surface area contributed by atoms with Gasteiger partial charge in [-0.2, -0.15) is 0 Å². The van der Waals surface area contributed by atoms with Gasteiger partial charge in [0.05, 0.1) is 17.5 Å². The Labute approximate surface area is 217 Å². The van der Waals surface area contributed by atoms with Crippen molar-refractivity contribution in [2.75, 3.05) is 19.6 Å². The van der Waals surface area contributed by atoms with Gasteiger partial charge >= 0.3 is 6.03 Å². The molecule has 2 aromatic carbocycles. The lowest BCUT2D eigenvalue weighted by Gasteiger charge is -2.32. The van der Waals surface area contributed by atoms with Gasteiger partial charge in [-0.05, 0) is 49.1 Å². The smallest absolute Gasteiger partial charge is 0.320 e. The first-order valence-electron chi connectivity index (χ1n) is 13.0. The number of piperidine rings is 1. The van der Waals surface area contributed by atoms with E-state index in [4.69, 9.17) is 4.52 Å². The molecule has 2 aromatic heterocycles. The number of para-hydroxylation sites is 1. The molecule has 0 unspecified atom stereocenters. The number of nitrogens with zero attached hydrogens (tertiary/aromatic N) is 4. The molecule has 3 aliphatic rings. The van der Waals surface area contributed by atoms with Crippen LogP contribution in [0.25, 0.3) is 33.0 Å². The largest absolute Gasteiger partial charge is 0.356 e. The molecule has 2 amide bonds. The molecule has 0 radical (unpaired) electrons. The molecule has 1 saturated heterocycles. The molecule has 2 aliphatic heterocycles. The summed E-state index contributed by atoms with van der Waals surface area (Å²) in [5.41, 5.74) is 3.27. The van der Waals surface area contributed by atoms with Crippen LogP contribution in [0.15, 0.2) is 47.1 Å². The standard InChI is InChI=1S/C29H25FN4O4/c30-18-12-17-15-34(29(37)32-8-4-1-5-9-32)11-10-33-16-21(20(13-18)28(17)33)25-22(35)14-23(36)26(25)27-19-6-2-3-7-24(19)38-31-27/h2-3,6-7,12-13,16H,1,4-5,8-11,14-15H2. The number of amides is 2. The van der Waals surface area contributed by atoms with Crippen molar-refractivity contribution >= 4 is 50.6 Å². The Morgan fingerprint density at radius 3 is 2.53 bits per heavy atom. The molecule has 0 N–H and O–H groups in total. The minimum absolute atomic E-state index is 0.0208. The van der Waals surface area contributed by atoms with Crippen LogP contribution in [0.5, 0.6) is 0 Å². The molecule has 0 spiro atoms. The number of carbonyl (C=O) groups excluding carboxylic acids is 3. The SMILES string of the molecule is O=C1CC(=O)C(c2cn3c4c(cc(F)cc24)CN(C(=O)N2CCCCC2)CC3)=C1c1noc2ccccc12. The highest BCUT2D eigenvalue weighted by Gasteiger charge is 2.37. The van der Waals surface area contributed by atoms with Crippen LogP contribution in [-0.2, 0) is 22.7 Å². The molecular formula is C29H25FN4O4. The number of aromatic nitrogens is 2. The summed E-state index contributed by atoms with van der Waals surface area (Å²) in [6, 6.07) is 10.0. The van der Waals surface area contributed by atoms with Crippen LogP contribution in [0.2, 0.25) is 0 Å². The fraction of sp³-hybridized carbons (Fsp3) is 0.310. The fourth-order valence-electron chi connectivity index (χ4n) is 6.15. The second kappa shape index (κ2) is 8.65. The first-order chi connectivity index (χ1) is 18.5. The van der Waals surface area contributed by atoms with Crippen LogP contribution in [0.3, 0.4) is 0 Å². The zero-order valence-corrected chi connectivity index (χ0v) is 20.7. The van der Waals surface area contributed by atoms with Gasteiger partial charge in [0.25, 0.3) is 0 Å². The van der Waals surface area contributed by atoms with Crippen molar-refractivity contribution in [1.82, 2.24) is 19.5 Å².